The second-order valence-corrected chi connectivity index (χ2v) is 10.6. The summed E-state index contributed by atoms with van der Waals surface area (Å²) in [6.45, 7) is 0. The van der Waals surface area contributed by atoms with Crippen LogP contribution in [-0.2, 0) is 7.05 Å². The number of fused-ring (bicyclic) bond motifs is 9. The van der Waals surface area contributed by atoms with E-state index in [1.807, 2.05) is 0 Å². The van der Waals surface area contributed by atoms with Crippen molar-refractivity contribution in [2.45, 2.75) is 0 Å². The van der Waals surface area contributed by atoms with E-state index in [2.05, 4.69) is 148 Å². The van der Waals surface area contributed by atoms with E-state index in [1.54, 1.807) is 0 Å². The molecule has 9 rings (SSSR count). The van der Waals surface area contributed by atoms with E-state index >= 15 is 0 Å². The van der Waals surface area contributed by atoms with E-state index in [-0.39, 0.29) is 0 Å². The predicted octanol–water partition coefficient (Wildman–Crippen LogP) is 8.92. The number of rotatable bonds is 2. The summed E-state index contributed by atoms with van der Waals surface area (Å²) in [5.41, 5.74) is 8.05. The first-order valence-corrected chi connectivity index (χ1v) is 13.6. The second-order valence-electron chi connectivity index (χ2n) is 10.6. The molecule has 0 aliphatic heterocycles. The first-order chi connectivity index (χ1) is 19.8. The molecular weight excluding hydrogens is 488 g/mol. The maximum atomic E-state index is 5.11. The van der Waals surface area contributed by atoms with Crippen LogP contribution in [0.5, 0.6) is 0 Å². The number of aromatic nitrogens is 4. The van der Waals surface area contributed by atoms with Crippen molar-refractivity contribution >= 4 is 65.4 Å². The molecular formula is C36H24N4. The first-order valence-electron chi connectivity index (χ1n) is 13.6. The summed E-state index contributed by atoms with van der Waals surface area (Å²) in [7, 11) is 2.11. The van der Waals surface area contributed by atoms with E-state index in [4.69, 9.17) is 4.98 Å². The lowest BCUT2D eigenvalue weighted by atomic mass is 10.0. The summed E-state index contributed by atoms with van der Waals surface area (Å²) in [4.78, 5) is 5.11. The van der Waals surface area contributed by atoms with Crippen LogP contribution in [0.1, 0.15) is 0 Å². The zero-order valence-corrected chi connectivity index (χ0v) is 21.9. The van der Waals surface area contributed by atoms with Crippen molar-refractivity contribution in [3.63, 3.8) is 0 Å². The van der Waals surface area contributed by atoms with Gasteiger partial charge in [0.1, 0.15) is 0 Å². The van der Waals surface area contributed by atoms with Crippen LogP contribution in [0.4, 0.5) is 0 Å². The lowest BCUT2D eigenvalue weighted by molar-refractivity contribution is 0.870. The smallest absolute Gasteiger partial charge is 0.215 e. The maximum Gasteiger partial charge on any atom is 0.215 e. The van der Waals surface area contributed by atoms with Crippen LogP contribution < -0.4 is 0 Å². The highest BCUT2D eigenvalue weighted by Gasteiger charge is 2.21. The number of aryl methyl sites for hydroxylation is 1. The molecule has 0 saturated carbocycles. The van der Waals surface area contributed by atoms with Gasteiger partial charge in [-0.25, -0.2) is 4.98 Å². The third-order valence-corrected chi connectivity index (χ3v) is 8.42. The van der Waals surface area contributed by atoms with E-state index in [9.17, 15) is 0 Å². The molecule has 0 N–H and O–H groups in total. The van der Waals surface area contributed by atoms with Crippen molar-refractivity contribution in [1.29, 1.82) is 0 Å². The van der Waals surface area contributed by atoms with Crippen molar-refractivity contribution in [2.24, 2.45) is 7.05 Å². The molecule has 3 heterocycles. The van der Waals surface area contributed by atoms with Gasteiger partial charge in [-0.2, -0.15) is 0 Å². The van der Waals surface area contributed by atoms with Gasteiger partial charge >= 0.3 is 0 Å². The van der Waals surface area contributed by atoms with Crippen molar-refractivity contribution in [3.05, 3.63) is 127 Å². The molecule has 0 unspecified atom stereocenters. The van der Waals surface area contributed by atoms with Gasteiger partial charge in [-0.15, -0.1) is 0 Å². The third-order valence-electron chi connectivity index (χ3n) is 8.42. The molecule has 0 atom stereocenters. The van der Waals surface area contributed by atoms with Crippen LogP contribution in [0, 0.1) is 0 Å². The third kappa shape index (κ3) is 2.77. The molecule has 188 valence electrons. The number of hydrogen-bond donors (Lipinski definition) is 0. The molecule has 9 aromatic rings. The molecule has 0 saturated heterocycles. The molecule has 3 aromatic heterocycles. The zero-order valence-electron chi connectivity index (χ0n) is 21.9. The molecule has 0 aliphatic rings. The molecule has 4 heteroatoms. The highest BCUT2D eigenvalue weighted by Crippen LogP contribution is 2.41. The normalized spacial score (nSPS) is 12.1. The predicted molar refractivity (Wildman–Crippen MR) is 167 cm³/mol. The van der Waals surface area contributed by atoms with Crippen LogP contribution in [0.15, 0.2) is 127 Å². The molecule has 6 aromatic carbocycles. The van der Waals surface area contributed by atoms with Crippen LogP contribution in [0.3, 0.4) is 0 Å². The number of para-hydroxylation sites is 4. The first kappa shape index (κ1) is 21.6. The fourth-order valence-electron chi connectivity index (χ4n) is 6.63. The number of imidazole rings is 1. The van der Waals surface area contributed by atoms with Crippen molar-refractivity contribution in [1.82, 2.24) is 18.7 Å². The van der Waals surface area contributed by atoms with Gasteiger partial charge in [0.15, 0.2) is 0 Å². The Labute approximate surface area is 229 Å². The minimum atomic E-state index is 0.920. The molecule has 4 nitrogen and oxygen atoms in total. The Morgan fingerprint density at radius 3 is 1.95 bits per heavy atom. The Kier molecular flexibility index (Phi) is 4.23. The van der Waals surface area contributed by atoms with Gasteiger partial charge in [0.2, 0.25) is 5.95 Å². The summed E-state index contributed by atoms with van der Waals surface area (Å²) in [5, 5.41) is 7.43. The second kappa shape index (κ2) is 7.84. The van der Waals surface area contributed by atoms with Crippen LogP contribution in [-0.4, -0.2) is 18.7 Å². The fourth-order valence-corrected chi connectivity index (χ4v) is 6.63. The van der Waals surface area contributed by atoms with Crippen molar-refractivity contribution < 1.29 is 0 Å². The summed E-state index contributed by atoms with van der Waals surface area (Å²) in [6.07, 6.45) is 0. The highest BCUT2D eigenvalue weighted by molar-refractivity contribution is 6.23. The quantitative estimate of drug-likeness (QED) is 0.227. The molecule has 0 amide bonds. The number of hydrogen-bond acceptors (Lipinski definition) is 1. The van der Waals surface area contributed by atoms with E-state index in [1.165, 1.54) is 43.4 Å². The Hall–Kier alpha value is -5.35. The molecule has 0 radical (unpaired) electrons. The molecule has 0 aliphatic carbocycles. The van der Waals surface area contributed by atoms with Gasteiger partial charge in [-0.3, -0.25) is 4.57 Å². The zero-order chi connectivity index (χ0) is 26.4. The lowest BCUT2D eigenvalue weighted by Gasteiger charge is -2.10. The Balaban J connectivity index is 1.50. The Bertz CT molecular complexity index is 2440. The SMILES string of the molecule is Cn1c(-n2c3ccccc3c3cc4c(cc32)c2ccc3ccccc3c2n4-c2ccccc2)nc2ccccc21. The van der Waals surface area contributed by atoms with Crippen molar-refractivity contribution in [3.8, 4) is 11.6 Å². The van der Waals surface area contributed by atoms with Gasteiger partial charge in [0.25, 0.3) is 0 Å². The van der Waals surface area contributed by atoms with E-state index in [0.717, 1.165) is 33.7 Å². The Morgan fingerprint density at radius 1 is 0.475 bits per heavy atom. The monoisotopic (exact) mass is 512 g/mol. The van der Waals surface area contributed by atoms with Gasteiger partial charge in [-0.1, -0.05) is 84.9 Å². The molecule has 0 spiro atoms. The van der Waals surface area contributed by atoms with Gasteiger partial charge in [-0.05, 0) is 47.9 Å². The molecule has 0 bridgehead atoms. The average Bonchev–Trinajstić information content (AvgIpc) is 3.63. The summed E-state index contributed by atoms with van der Waals surface area (Å²) < 4.78 is 6.97. The summed E-state index contributed by atoms with van der Waals surface area (Å²) in [6, 6.07) is 45.7. The summed E-state index contributed by atoms with van der Waals surface area (Å²) in [5.74, 6) is 0.920. The number of nitrogens with zero attached hydrogens (tertiary/aromatic N) is 4. The minimum Gasteiger partial charge on any atom is -0.313 e. The van der Waals surface area contributed by atoms with Crippen molar-refractivity contribution in [2.75, 3.05) is 0 Å². The average molecular weight is 513 g/mol. The van der Waals surface area contributed by atoms with Crippen LogP contribution >= 0.6 is 0 Å². The molecule has 40 heavy (non-hydrogen) atoms. The van der Waals surface area contributed by atoms with E-state index < -0.39 is 0 Å². The fraction of sp³-hybridized carbons (Fsp3) is 0.0278. The standard InChI is InChI=1S/C36H24N4/c1-38-32-18-10-8-16-30(32)37-36(38)40-31-17-9-7-15-26(31)28-21-33-29(22-34(28)40)27-20-19-23-11-5-6-14-25(23)35(27)39(33)24-12-3-2-4-13-24/h2-22H,1H3. The van der Waals surface area contributed by atoms with Crippen LogP contribution in [0.25, 0.3) is 77.1 Å². The topological polar surface area (TPSA) is 27.7 Å². The minimum absolute atomic E-state index is 0.920. The molecule has 0 fully saturated rings. The van der Waals surface area contributed by atoms with Gasteiger partial charge < -0.3 is 9.13 Å². The lowest BCUT2D eigenvalue weighted by Crippen LogP contribution is -2.02. The Morgan fingerprint density at radius 2 is 1.12 bits per heavy atom. The van der Waals surface area contributed by atoms with E-state index in [0.29, 0.717) is 0 Å². The maximum absolute atomic E-state index is 5.11. The van der Waals surface area contributed by atoms with Gasteiger partial charge in [0, 0.05) is 39.7 Å². The largest absolute Gasteiger partial charge is 0.313 e. The number of benzene rings is 6. The summed E-state index contributed by atoms with van der Waals surface area (Å²) >= 11 is 0. The van der Waals surface area contributed by atoms with Gasteiger partial charge in [0.05, 0.1) is 33.1 Å². The van der Waals surface area contributed by atoms with Crippen LogP contribution in [0.2, 0.25) is 0 Å². The highest BCUT2D eigenvalue weighted by atomic mass is 15.2.